The molecule has 1 aliphatic heterocycles. The Morgan fingerprint density at radius 2 is 1.81 bits per heavy atom. The van der Waals surface area contributed by atoms with E-state index in [0.717, 1.165) is 24.1 Å². The van der Waals surface area contributed by atoms with Gasteiger partial charge in [0.25, 0.3) is 5.91 Å². The fourth-order valence-electron chi connectivity index (χ4n) is 3.45. The average Bonchev–Trinajstić information content (AvgIpc) is 2.78. The monoisotopic (exact) mass is 438 g/mol. The van der Waals surface area contributed by atoms with Gasteiger partial charge in [0.2, 0.25) is 5.91 Å². The number of benzene rings is 2. The van der Waals surface area contributed by atoms with Crippen molar-refractivity contribution in [2.75, 3.05) is 44.4 Å². The lowest BCUT2D eigenvalue weighted by molar-refractivity contribution is -0.130. The molecule has 1 saturated heterocycles. The second-order valence-electron chi connectivity index (χ2n) is 8.18. The number of carbonyl (C=O) groups is 3. The summed E-state index contributed by atoms with van der Waals surface area (Å²) in [7, 11) is 3.34. The Morgan fingerprint density at radius 3 is 2.50 bits per heavy atom. The lowest BCUT2D eigenvalue weighted by Crippen LogP contribution is -2.45. The van der Waals surface area contributed by atoms with Crippen molar-refractivity contribution in [2.24, 2.45) is 5.92 Å². The second kappa shape index (κ2) is 10.7. The highest BCUT2D eigenvalue weighted by atomic mass is 16.5. The summed E-state index contributed by atoms with van der Waals surface area (Å²) in [6.07, 6.45) is 1.50. The highest BCUT2D eigenvalue weighted by Gasteiger charge is 2.28. The van der Waals surface area contributed by atoms with E-state index in [2.05, 4.69) is 10.6 Å². The molecule has 1 aliphatic rings. The first-order valence-corrected chi connectivity index (χ1v) is 10.7. The third-order valence-electron chi connectivity index (χ3n) is 5.33. The number of hydrogen-bond donors (Lipinski definition) is 2. The van der Waals surface area contributed by atoms with Crippen molar-refractivity contribution in [3.8, 4) is 5.75 Å². The van der Waals surface area contributed by atoms with Gasteiger partial charge in [-0.25, -0.2) is 4.79 Å². The van der Waals surface area contributed by atoms with E-state index in [1.807, 2.05) is 31.2 Å². The Hall–Kier alpha value is -3.55. The van der Waals surface area contributed by atoms with E-state index in [4.69, 9.17) is 4.74 Å². The molecule has 170 valence electrons. The molecule has 0 aromatic heterocycles. The molecule has 1 atom stereocenters. The van der Waals surface area contributed by atoms with Crippen LogP contribution in [0.3, 0.4) is 0 Å². The molecular formula is C24H30N4O4. The summed E-state index contributed by atoms with van der Waals surface area (Å²) >= 11 is 0. The van der Waals surface area contributed by atoms with E-state index in [-0.39, 0.29) is 30.4 Å². The molecule has 0 bridgehead atoms. The molecule has 32 heavy (non-hydrogen) atoms. The summed E-state index contributed by atoms with van der Waals surface area (Å²) in [5.74, 6) is 0.0284. The fraction of sp³-hybridized carbons (Fsp3) is 0.375. The number of anilines is 2. The highest BCUT2D eigenvalue weighted by Crippen LogP contribution is 2.21. The molecule has 4 amide bonds. The van der Waals surface area contributed by atoms with Crippen LogP contribution < -0.4 is 15.4 Å². The zero-order valence-corrected chi connectivity index (χ0v) is 18.8. The predicted octanol–water partition coefficient (Wildman–Crippen LogP) is 3.34. The Morgan fingerprint density at radius 1 is 1.06 bits per heavy atom. The van der Waals surface area contributed by atoms with Crippen molar-refractivity contribution >= 4 is 29.2 Å². The molecule has 2 aromatic carbocycles. The number of nitrogens with one attached hydrogen (secondary N) is 2. The number of piperidine rings is 1. The Balaban J connectivity index is 1.51. The van der Waals surface area contributed by atoms with Crippen LogP contribution in [0.4, 0.5) is 16.2 Å². The number of hydrogen-bond acceptors (Lipinski definition) is 4. The minimum Gasteiger partial charge on any atom is -0.484 e. The number of ether oxygens (including phenoxy) is 1. The van der Waals surface area contributed by atoms with Gasteiger partial charge in [-0.15, -0.1) is 0 Å². The Kier molecular flexibility index (Phi) is 7.70. The number of likely N-dealkylation sites (tertiary alicyclic amines) is 1. The summed E-state index contributed by atoms with van der Waals surface area (Å²) in [5.41, 5.74) is 2.46. The van der Waals surface area contributed by atoms with Gasteiger partial charge in [-0.2, -0.15) is 0 Å². The number of rotatable bonds is 6. The number of carbonyl (C=O) groups excluding carboxylic acids is 3. The van der Waals surface area contributed by atoms with Crippen LogP contribution in [0.5, 0.6) is 5.75 Å². The van der Waals surface area contributed by atoms with Crippen molar-refractivity contribution in [1.29, 1.82) is 0 Å². The van der Waals surface area contributed by atoms with Crippen LogP contribution >= 0.6 is 0 Å². The Bertz CT molecular complexity index is 959. The molecular weight excluding hydrogens is 408 g/mol. The summed E-state index contributed by atoms with van der Waals surface area (Å²) < 4.78 is 5.45. The van der Waals surface area contributed by atoms with Crippen LogP contribution in [0.25, 0.3) is 0 Å². The molecule has 1 unspecified atom stereocenters. The maximum absolute atomic E-state index is 12.8. The van der Waals surface area contributed by atoms with E-state index in [0.29, 0.717) is 24.5 Å². The maximum atomic E-state index is 12.8. The standard InChI is InChI=1S/C24H30N4O4/c1-17-6-4-8-20(14-17)26-24(31)28-13-5-7-18(15-28)23(30)25-19-9-11-21(12-10-19)32-16-22(29)27(2)3/h4,6,8-12,14,18H,5,7,13,15-16H2,1-3H3,(H,25,30)(H,26,31). The van der Waals surface area contributed by atoms with Gasteiger partial charge in [-0.3, -0.25) is 9.59 Å². The van der Waals surface area contributed by atoms with Crippen molar-refractivity contribution in [2.45, 2.75) is 19.8 Å². The second-order valence-corrected chi connectivity index (χ2v) is 8.18. The molecule has 2 N–H and O–H groups in total. The van der Waals surface area contributed by atoms with Crippen molar-refractivity contribution in [1.82, 2.24) is 9.80 Å². The molecule has 1 fully saturated rings. The highest BCUT2D eigenvalue weighted by molar-refractivity contribution is 5.94. The fourth-order valence-corrected chi connectivity index (χ4v) is 3.45. The third kappa shape index (κ3) is 6.47. The molecule has 8 heteroatoms. The summed E-state index contributed by atoms with van der Waals surface area (Å²) in [4.78, 5) is 40.2. The molecule has 0 saturated carbocycles. The van der Waals surface area contributed by atoms with Gasteiger partial charge in [-0.05, 0) is 61.7 Å². The lowest BCUT2D eigenvalue weighted by Gasteiger charge is -2.32. The molecule has 0 aliphatic carbocycles. The van der Waals surface area contributed by atoms with E-state index in [1.165, 1.54) is 4.90 Å². The van der Waals surface area contributed by atoms with Crippen LogP contribution in [-0.2, 0) is 9.59 Å². The minimum absolute atomic E-state index is 0.0404. The first kappa shape index (κ1) is 23.1. The zero-order valence-electron chi connectivity index (χ0n) is 18.8. The van der Waals surface area contributed by atoms with Gasteiger partial charge in [0.1, 0.15) is 5.75 Å². The van der Waals surface area contributed by atoms with Crippen LogP contribution in [0.2, 0.25) is 0 Å². The van der Waals surface area contributed by atoms with Gasteiger partial charge >= 0.3 is 6.03 Å². The number of amides is 4. The third-order valence-corrected chi connectivity index (χ3v) is 5.33. The van der Waals surface area contributed by atoms with Gasteiger partial charge < -0.3 is 25.2 Å². The SMILES string of the molecule is Cc1cccc(NC(=O)N2CCCC(C(=O)Nc3ccc(OCC(=O)N(C)C)cc3)C2)c1. The van der Waals surface area contributed by atoms with Gasteiger partial charge in [0.15, 0.2) is 6.61 Å². The maximum Gasteiger partial charge on any atom is 0.321 e. The molecule has 0 radical (unpaired) electrons. The van der Waals surface area contributed by atoms with Crippen LogP contribution in [0.15, 0.2) is 48.5 Å². The van der Waals surface area contributed by atoms with Crippen LogP contribution in [0, 0.1) is 12.8 Å². The summed E-state index contributed by atoms with van der Waals surface area (Å²) in [6.45, 7) is 2.93. The number of urea groups is 1. The van der Waals surface area contributed by atoms with E-state index < -0.39 is 0 Å². The predicted molar refractivity (Wildman–Crippen MR) is 124 cm³/mol. The topological polar surface area (TPSA) is 91.0 Å². The van der Waals surface area contributed by atoms with Gasteiger partial charge in [0, 0.05) is 38.6 Å². The lowest BCUT2D eigenvalue weighted by atomic mass is 9.97. The van der Waals surface area contributed by atoms with Gasteiger partial charge in [0.05, 0.1) is 5.92 Å². The Labute approximate surface area is 188 Å². The minimum atomic E-state index is -0.277. The molecule has 2 aromatic rings. The molecule has 1 heterocycles. The largest absolute Gasteiger partial charge is 0.484 e. The summed E-state index contributed by atoms with van der Waals surface area (Å²) in [5, 5.41) is 5.82. The zero-order chi connectivity index (χ0) is 23.1. The van der Waals surface area contributed by atoms with Crippen LogP contribution in [0.1, 0.15) is 18.4 Å². The van der Waals surface area contributed by atoms with Crippen molar-refractivity contribution in [3.05, 3.63) is 54.1 Å². The van der Waals surface area contributed by atoms with Crippen molar-refractivity contribution < 1.29 is 19.1 Å². The quantitative estimate of drug-likeness (QED) is 0.724. The van der Waals surface area contributed by atoms with Gasteiger partial charge in [-0.1, -0.05) is 12.1 Å². The van der Waals surface area contributed by atoms with E-state index >= 15 is 0 Å². The van der Waals surface area contributed by atoms with Crippen molar-refractivity contribution in [3.63, 3.8) is 0 Å². The normalized spacial score (nSPS) is 15.6. The van der Waals surface area contributed by atoms with Crippen LogP contribution in [-0.4, -0.2) is 61.4 Å². The molecule has 0 spiro atoms. The molecule has 3 rings (SSSR count). The first-order chi connectivity index (χ1) is 15.3. The smallest absolute Gasteiger partial charge is 0.321 e. The van der Waals surface area contributed by atoms with E-state index in [1.54, 1.807) is 43.3 Å². The number of nitrogens with zero attached hydrogens (tertiary/aromatic N) is 2. The van der Waals surface area contributed by atoms with E-state index in [9.17, 15) is 14.4 Å². The summed E-state index contributed by atoms with van der Waals surface area (Å²) in [6, 6.07) is 14.3. The number of aryl methyl sites for hydroxylation is 1. The number of likely N-dealkylation sites (N-methyl/N-ethyl adjacent to an activating group) is 1. The first-order valence-electron chi connectivity index (χ1n) is 10.7. The average molecular weight is 439 g/mol. The molecule has 8 nitrogen and oxygen atoms in total.